The van der Waals surface area contributed by atoms with Crippen LogP contribution in [0.15, 0.2) is 48.8 Å². The van der Waals surface area contributed by atoms with E-state index in [4.69, 9.17) is 20.6 Å². The van der Waals surface area contributed by atoms with Crippen LogP contribution in [0.5, 0.6) is 17.2 Å². The molecule has 0 unspecified atom stereocenters. The number of ether oxygens (including phenoxy) is 2. The molecule has 0 radical (unpaired) electrons. The number of aliphatic hydroxyl groups excluding tert-OH is 1. The number of nitrogens with one attached hydrogen (secondary N) is 2. The molecule has 1 aromatic heterocycles. The van der Waals surface area contributed by atoms with Gasteiger partial charge in [0.25, 0.3) is 0 Å². The molecule has 0 atom stereocenters. The zero-order valence-electron chi connectivity index (χ0n) is 18.2. The number of methoxy groups -OCH3 is 1. The van der Waals surface area contributed by atoms with Crippen molar-refractivity contribution in [3.63, 3.8) is 0 Å². The van der Waals surface area contributed by atoms with Gasteiger partial charge in [-0.05, 0) is 62.1 Å². The fourth-order valence-electron chi connectivity index (χ4n) is 3.86. The van der Waals surface area contributed by atoms with Crippen LogP contribution in [0, 0.1) is 11.2 Å². The van der Waals surface area contributed by atoms with E-state index in [0.29, 0.717) is 22.7 Å². The van der Waals surface area contributed by atoms with Crippen molar-refractivity contribution in [2.45, 2.75) is 37.8 Å². The number of nitrogens with zero attached hydrogens (tertiary/aromatic N) is 2. The third kappa shape index (κ3) is 5.04. The lowest BCUT2D eigenvalue weighted by molar-refractivity contribution is 0.126. The Morgan fingerprint density at radius 1 is 1.09 bits per heavy atom. The zero-order chi connectivity index (χ0) is 23.4. The third-order valence-corrected chi connectivity index (χ3v) is 5.68. The number of nitrogen functional groups attached to an aromatic ring is 1. The van der Waals surface area contributed by atoms with E-state index in [0.717, 1.165) is 25.7 Å². The molecule has 8 nitrogen and oxygen atoms in total. The van der Waals surface area contributed by atoms with Crippen molar-refractivity contribution >= 4 is 17.3 Å². The largest absolute Gasteiger partial charge is 0.494 e. The van der Waals surface area contributed by atoms with E-state index in [1.807, 2.05) is 0 Å². The predicted octanol–water partition coefficient (Wildman–Crippen LogP) is 4.13. The molecule has 3 aromatic rings. The number of nitrogens with two attached hydrogens (primary N) is 1. The van der Waals surface area contributed by atoms with Crippen molar-refractivity contribution in [1.82, 2.24) is 9.97 Å². The average molecular weight is 452 g/mol. The quantitative estimate of drug-likeness (QED) is 0.398. The number of aliphatic hydroxyl groups is 1. The number of halogens is 1. The molecule has 9 heteroatoms. The van der Waals surface area contributed by atoms with Gasteiger partial charge >= 0.3 is 0 Å². The zero-order valence-corrected chi connectivity index (χ0v) is 18.2. The van der Waals surface area contributed by atoms with E-state index in [9.17, 15) is 9.50 Å². The molecule has 1 aliphatic carbocycles. The molecule has 0 bridgehead atoms. The van der Waals surface area contributed by atoms with Crippen LogP contribution in [0.3, 0.4) is 0 Å². The van der Waals surface area contributed by atoms with Crippen LogP contribution in [0.4, 0.5) is 16.0 Å². The lowest BCUT2D eigenvalue weighted by atomic mass is 9.93. The molecule has 1 saturated carbocycles. The molecule has 5 N–H and O–H groups in total. The molecule has 4 rings (SSSR count). The van der Waals surface area contributed by atoms with Gasteiger partial charge in [-0.3, -0.25) is 5.41 Å². The molecule has 2 aromatic carbocycles. The molecule has 172 valence electrons. The van der Waals surface area contributed by atoms with E-state index in [1.54, 1.807) is 30.3 Å². The third-order valence-electron chi connectivity index (χ3n) is 5.68. The van der Waals surface area contributed by atoms with Crippen LogP contribution in [-0.4, -0.2) is 40.0 Å². The minimum atomic E-state index is -0.586. The highest BCUT2D eigenvalue weighted by molar-refractivity contribution is 6.16. The minimum Gasteiger partial charge on any atom is -0.494 e. The fraction of sp³-hybridized carbons (Fsp3) is 0.292. The molecule has 0 aliphatic heterocycles. The molecule has 0 spiro atoms. The summed E-state index contributed by atoms with van der Waals surface area (Å²) in [5, 5.41) is 21.8. The molecule has 1 heterocycles. The van der Waals surface area contributed by atoms with Crippen molar-refractivity contribution in [3.05, 3.63) is 65.7 Å². The van der Waals surface area contributed by atoms with Gasteiger partial charge in [-0.15, -0.1) is 0 Å². The summed E-state index contributed by atoms with van der Waals surface area (Å²) < 4.78 is 25.0. The van der Waals surface area contributed by atoms with E-state index in [-0.39, 0.29) is 35.2 Å². The van der Waals surface area contributed by atoms with Gasteiger partial charge in [0.05, 0.1) is 24.5 Å². The Morgan fingerprint density at radius 2 is 1.79 bits per heavy atom. The Kier molecular flexibility index (Phi) is 6.69. The highest BCUT2D eigenvalue weighted by Gasteiger charge is 2.23. The summed E-state index contributed by atoms with van der Waals surface area (Å²) in [6.45, 7) is 0. The van der Waals surface area contributed by atoms with Crippen molar-refractivity contribution in [1.29, 1.82) is 5.41 Å². The molecule has 33 heavy (non-hydrogen) atoms. The summed E-state index contributed by atoms with van der Waals surface area (Å²) in [4.78, 5) is 8.37. The van der Waals surface area contributed by atoms with Crippen LogP contribution in [0.1, 0.15) is 36.8 Å². The van der Waals surface area contributed by atoms with Gasteiger partial charge in [0.15, 0.2) is 11.5 Å². The van der Waals surface area contributed by atoms with Gasteiger partial charge in [0, 0.05) is 11.6 Å². The number of rotatable bonds is 7. The van der Waals surface area contributed by atoms with Gasteiger partial charge in [0.1, 0.15) is 23.7 Å². The second kappa shape index (κ2) is 9.83. The summed E-state index contributed by atoms with van der Waals surface area (Å²) in [7, 11) is 1.39. The maximum Gasteiger partial charge on any atom is 0.207 e. The summed E-state index contributed by atoms with van der Waals surface area (Å²) in [5.41, 5.74) is 7.26. The van der Waals surface area contributed by atoms with Crippen molar-refractivity contribution < 1.29 is 19.0 Å². The van der Waals surface area contributed by atoms with Gasteiger partial charge in [-0.1, -0.05) is 6.07 Å². The Bertz CT molecular complexity index is 1130. The lowest BCUT2D eigenvalue weighted by Crippen LogP contribution is -2.29. The van der Waals surface area contributed by atoms with Gasteiger partial charge < -0.3 is 25.6 Å². The second-order valence-corrected chi connectivity index (χ2v) is 7.91. The lowest BCUT2D eigenvalue weighted by Gasteiger charge is -2.27. The van der Waals surface area contributed by atoms with Gasteiger partial charge in [-0.2, -0.15) is 4.39 Å². The standard InChI is InChI=1S/C24H26FN5O3/c1-32-18-3-2-4-19(21(18)25)33-17-11-5-14(6-12-17)22(26)20-23(27)28-13-29-24(20)30-15-7-9-16(31)10-8-15/h2-6,11-13,15-16,26,31H,7-10H2,1H3,(H3,27,28,29,30)/t15-,16+. The van der Waals surface area contributed by atoms with Crippen molar-refractivity contribution in [3.8, 4) is 17.2 Å². The first-order valence-electron chi connectivity index (χ1n) is 10.7. The summed E-state index contributed by atoms with van der Waals surface area (Å²) >= 11 is 0. The Morgan fingerprint density at radius 3 is 2.48 bits per heavy atom. The van der Waals surface area contributed by atoms with E-state index >= 15 is 0 Å². The molecular weight excluding hydrogens is 425 g/mol. The van der Waals surface area contributed by atoms with Crippen LogP contribution >= 0.6 is 0 Å². The highest BCUT2D eigenvalue weighted by Crippen LogP contribution is 2.31. The normalized spacial score (nSPS) is 17.9. The number of aromatic nitrogens is 2. The number of hydrogen-bond acceptors (Lipinski definition) is 8. The fourth-order valence-corrected chi connectivity index (χ4v) is 3.86. The van der Waals surface area contributed by atoms with Gasteiger partial charge in [-0.25, -0.2) is 9.97 Å². The Labute approximate surface area is 191 Å². The van der Waals surface area contributed by atoms with Crippen LogP contribution < -0.4 is 20.5 Å². The van der Waals surface area contributed by atoms with Crippen LogP contribution in [-0.2, 0) is 0 Å². The summed E-state index contributed by atoms with van der Waals surface area (Å²) in [6, 6.07) is 11.5. The first-order chi connectivity index (χ1) is 16.0. The first kappa shape index (κ1) is 22.5. The summed E-state index contributed by atoms with van der Waals surface area (Å²) in [6.07, 6.45) is 4.17. The molecule has 1 fully saturated rings. The predicted molar refractivity (Wildman–Crippen MR) is 124 cm³/mol. The Hall–Kier alpha value is -3.72. The maximum absolute atomic E-state index is 14.4. The van der Waals surface area contributed by atoms with Crippen molar-refractivity contribution in [2.24, 2.45) is 0 Å². The Balaban J connectivity index is 1.53. The van der Waals surface area contributed by atoms with Crippen LogP contribution in [0.25, 0.3) is 0 Å². The topological polar surface area (TPSA) is 126 Å². The number of hydrogen-bond donors (Lipinski definition) is 4. The maximum atomic E-state index is 14.4. The minimum absolute atomic E-state index is 0.0435. The van der Waals surface area contributed by atoms with E-state index < -0.39 is 5.82 Å². The van der Waals surface area contributed by atoms with Crippen LogP contribution in [0.2, 0.25) is 0 Å². The first-order valence-corrected chi connectivity index (χ1v) is 10.7. The monoisotopic (exact) mass is 451 g/mol. The van der Waals surface area contributed by atoms with Crippen molar-refractivity contribution in [2.75, 3.05) is 18.2 Å². The molecule has 0 amide bonds. The van der Waals surface area contributed by atoms with E-state index in [2.05, 4.69) is 15.3 Å². The highest BCUT2D eigenvalue weighted by atomic mass is 19.1. The molecular formula is C24H26FN5O3. The van der Waals surface area contributed by atoms with Gasteiger partial charge in [0.2, 0.25) is 5.82 Å². The second-order valence-electron chi connectivity index (χ2n) is 7.91. The van der Waals surface area contributed by atoms with E-state index in [1.165, 1.54) is 25.6 Å². The average Bonchev–Trinajstić information content (AvgIpc) is 2.82. The number of benzene rings is 2. The smallest absolute Gasteiger partial charge is 0.207 e. The summed E-state index contributed by atoms with van der Waals surface area (Å²) in [5.74, 6) is 0.659. The SMILES string of the molecule is COc1cccc(Oc2ccc(C(=N)c3c(N)ncnc3N[C@H]3CC[C@@H](O)CC3)cc2)c1F. The molecule has 0 saturated heterocycles. The number of anilines is 2. The molecule has 1 aliphatic rings.